The normalized spacial score (nSPS) is 15.1. The highest BCUT2D eigenvalue weighted by Crippen LogP contribution is 2.14. The number of carbonyl (C=O) groups is 1. The van der Waals surface area contributed by atoms with Crippen molar-refractivity contribution in [1.29, 1.82) is 0 Å². The molecule has 4 N–H and O–H groups in total. The predicted octanol–water partition coefficient (Wildman–Crippen LogP) is 0.639. The van der Waals surface area contributed by atoms with Gasteiger partial charge in [0.05, 0.1) is 5.60 Å². The Morgan fingerprint density at radius 1 is 1.53 bits per heavy atom. The highest BCUT2D eigenvalue weighted by atomic mass is 16.3. The quantitative estimate of drug-likeness (QED) is 0.584. The molecule has 4 heteroatoms. The van der Waals surface area contributed by atoms with E-state index >= 15 is 0 Å². The first kappa shape index (κ1) is 14.4. The minimum atomic E-state index is -0.813. The molecule has 0 aromatic heterocycles. The lowest BCUT2D eigenvalue weighted by atomic mass is 9.94. The molecular formula is C11H24N2O2. The Morgan fingerprint density at radius 2 is 2.13 bits per heavy atom. The lowest BCUT2D eigenvalue weighted by Gasteiger charge is -2.25. The maximum Gasteiger partial charge on any atom is 0.220 e. The fourth-order valence-electron chi connectivity index (χ4n) is 1.59. The number of amides is 1. The van der Waals surface area contributed by atoms with E-state index in [0.29, 0.717) is 38.3 Å². The zero-order chi connectivity index (χ0) is 11.9. The van der Waals surface area contributed by atoms with Gasteiger partial charge in [0, 0.05) is 13.0 Å². The van der Waals surface area contributed by atoms with Crippen molar-refractivity contribution in [2.45, 2.75) is 45.6 Å². The van der Waals surface area contributed by atoms with Gasteiger partial charge in [-0.2, -0.15) is 0 Å². The molecule has 1 unspecified atom stereocenters. The van der Waals surface area contributed by atoms with E-state index in [1.54, 1.807) is 6.92 Å². The zero-order valence-electron chi connectivity index (χ0n) is 10.0. The minimum absolute atomic E-state index is 0.0375. The molecule has 15 heavy (non-hydrogen) atoms. The van der Waals surface area contributed by atoms with E-state index in [1.165, 1.54) is 0 Å². The largest absolute Gasteiger partial charge is 0.388 e. The Labute approximate surface area is 92.2 Å². The highest BCUT2D eigenvalue weighted by molar-refractivity contribution is 5.75. The van der Waals surface area contributed by atoms with E-state index < -0.39 is 5.60 Å². The van der Waals surface area contributed by atoms with Crippen molar-refractivity contribution in [2.24, 2.45) is 11.7 Å². The Morgan fingerprint density at radius 3 is 2.60 bits per heavy atom. The molecule has 0 aliphatic rings. The molecule has 1 atom stereocenters. The van der Waals surface area contributed by atoms with Crippen LogP contribution in [0, 0.1) is 5.92 Å². The summed E-state index contributed by atoms with van der Waals surface area (Å²) in [5, 5.41) is 12.6. The molecule has 0 aromatic carbocycles. The topological polar surface area (TPSA) is 75.3 Å². The second kappa shape index (κ2) is 6.80. The number of nitrogens with two attached hydrogens (primary N) is 1. The van der Waals surface area contributed by atoms with Crippen molar-refractivity contribution in [3.8, 4) is 0 Å². The molecular weight excluding hydrogens is 192 g/mol. The molecule has 0 rings (SSSR count). The maximum absolute atomic E-state index is 11.3. The van der Waals surface area contributed by atoms with Crippen LogP contribution in [0.2, 0.25) is 0 Å². The summed E-state index contributed by atoms with van der Waals surface area (Å²) in [5.41, 5.74) is 4.48. The van der Waals surface area contributed by atoms with Gasteiger partial charge in [-0.3, -0.25) is 4.79 Å². The number of aliphatic hydroxyl groups is 1. The van der Waals surface area contributed by atoms with Crippen LogP contribution in [0.25, 0.3) is 0 Å². The predicted molar refractivity (Wildman–Crippen MR) is 61.4 cm³/mol. The number of nitrogens with one attached hydrogen (secondary N) is 1. The van der Waals surface area contributed by atoms with Gasteiger partial charge in [-0.15, -0.1) is 0 Å². The van der Waals surface area contributed by atoms with E-state index in [4.69, 9.17) is 5.73 Å². The number of carbonyl (C=O) groups excluding carboxylic acids is 1. The third-order valence-corrected chi connectivity index (χ3v) is 2.12. The summed E-state index contributed by atoms with van der Waals surface area (Å²) < 4.78 is 0. The molecule has 0 fully saturated rings. The van der Waals surface area contributed by atoms with E-state index in [1.807, 2.05) is 13.8 Å². The monoisotopic (exact) mass is 216 g/mol. The van der Waals surface area contributed by atoms with Gasteiger partial charge in [0.25, 0.3) is 0 Å². The Balaban J connectivity index is 3.77. The summed E-state index contributed by atoms with van der Waals surface area (Å²) in [6.07, 6.45) is 1.82. The molecule has 0 aromatic rings. The number of hydrogen-bond acceptors (Lipinski definition) is 3. The smallest absolute Gasteiger partial charge is 0.220 e. The SMILES string of the molecule is CC(C)CC(C)(O)CNC(=O)CCCN. The lowest BCUT2D eigenvalue weighted by molar-refractivity contribution is -0.122. The van der Waals surface area contributed by atoms with Crippen LogP contribution in [0.3, 0.4) is 0 Å². The molecule has 1 amide bonds. The molecule has 0 aliphatic carbocycles. The van der Waals surface area contributed by atoms with Crippen LogP contribution in [0.1, 0.15) is 40.0 Å². The van der Waals surface area contributed by atoms with E-state index in [9.17, 15) is 9.90 Å². The molecule has 0 radical (unpaired) electrons. The second-order valence-corrected chi connectivity index (χ2v) is 4.76. The summed E-state index contributed by atoms with van der Waals surface area (Å²) in [4.78, 5) is 11.3. The maximum atomic E-state index is 11.3. The molecule has 0 heterocycles. The fourth-order valence-corrected chi connectivity index (χ4v) is 1.59. The average molecular weight is 216 g/mol. The van der Waals surface area contributed by atoms with Crippen LogP contribution < -0.4 is 11.1 Å². The Hall–Kier alpha value is -0.610. The number of rotatable bonds is 7. The van der Waals surface area contributed by atoms with Gasteiger partial charge in [0.2, 0.25) is 5.91 Å². The van der Waals surface area contributed by atoms with E-state index in [0.717, 1.165) is 0 Å². The molecule has 0 bridgehead atoms. The lowest BCUT2D eigenvalue weighted by Crippen LogP contribution is -2.41. The first-order valence-electron chi connectivity index (χ1n) is 5.56. The second-order valence-electron chi connectivity index (χ2n) is 4.76. The van der Waals surface area contributed by atoms with Crippen LogP contribution >= 0.6 is 0 Å². The summed E-state index contributed by atoms with van der Waals surface area (Å²) in [6.45, 7) is 6.68. The fraction of sp³-hybridized carbons (Fsp3) is 0.909. The van der Waals surface area contributed by atoms with Gasteiger partial charge in [-0.25, -0.2) is 0 Å². The first-order chi connectivity index (χ1) is 6.87. The van der Waals surface area contributed by atoms with Crippen molar-refractivity contribution in [1.82, 2.24) is 5.32 Å². The molecule has 0 saturated carbocycles. The van der Waals surface area contributed by atoms with Gasteiger partial charge >= 0.3 is 0 Å². The number of hydrogen-bond donors (Lipinski definition) is 3. The average Bonchev–Trinajstić information content (AvgIpc) is 2.09. The molecule has 0 spiro atoms. The van der Waals surface area contributed by atoms with Crippen molar-refractivity contribution in [3.63, 3.8) is 0 Å². The Bertz CT molecular complexity index is 191. The van der Waals surface area contributed by atoms with Crippen molar-refractivity contribution in [2.75, 3.05) is 13.1 Å². The van der Waals surface area contributed by atoms with Gasteiger partial charge < -0.3 is 16.2 Å². The van der Waals surface area contributed by atoms with Crippen molar-refractivity contribution in [3.05, 3.63) is 0 Å². The van der Waals surface area contributed by atoms with Crippen LogP contribution in [-0.4, -0.2) is 29.7 Å². The molecule has 0 aliphatic heterocycles. The van der Waals surface area contributed by atoms with Crippen LogP contribution in [0.15, 0.2) is 0 Å². The van der Waals surface area contributed by atoms with Gasteiger partial charge in [0.1, 0.15) is 0 Å². The van der Waals surface area contributed by atoms with E-state index in [-0.39, 0.29) is 5.91 Å². The summed E-state index contributed by atoms with van der Waals surface area (Å²) in [6, 6.07) is 0. The van der Waals surface area contributed by atoms with Gasteiger partial charge in [-0.1, -0.05) is 13.8 Å². The highest BCUT2D eigenvalue weighted by Gasteiger charge is 2.22. The van der Waals surface area contributed by atoms with Gasteiger partial charge in [-0.05, 0) is 32.2 Å². The van der Waals surface area contributed by atoms with Crippen molar-refractivity contribution >= 4 is 5.91 Å². The first-order valence-corrected chi connectivity index (χ1v) is 5.56. The standard InChI is InChI=1S/C11H24N2O2/c1-9(2)7-11(3,15)8-13-10(14)5-4-6-12/h9,15H,4-8,12H2,1-3H3,(H,13,14). The van der Waals surface area contributed by atoms with Gasteiger partial charge in [0.15, 0.2) is 0 Å². The minimum Gasteiger partial charge on any atom is -0.388 e. The summed E-state index contributed by atoms with van der Waals surface area (Å²) in [7, 11) is 0. The summed E-state index contributed by atoms with van der Waals surface area (Å²) in [5.74, 6) is 0.380. The Kier molecular flexibility index (Phi) is 6.52. The molecule has 90 valence electrons. The van der Waals surface area contributed by atoms with Crippen LogP contribution in [0.4, 0.5) is 0 Å². The zero-order valence-corrected chi connectivity index (χ0v) is 10.0. The molecule has 4 nitrogen and oxygen atoms in total. The third-order valence-electron chi connectivity index (χ3n) is 2.12. The van der Waals surface area contributed by atoms with Crippen LogP contribution in [-0.2, 0) is 4.79 Å². The van der Waals surface area contributed by atoms with Crippen molar-refractivity contribution < 1.29 is 9.90 Å². The third kappa shape index (κ3) is 8.39. The van der Waals surface area contributed by atoms with Crippen LogP contribution in [0.5, 0.6) is 0 Å². The molecule has 0 saturated heterocycles. The van der Waals surface area contributed by atoms with E-state index in [2.05, 4.69) is 5.32 Å². The summed E-state index contributed by atoms with van der Waals surface area (Å²) >= 11 is 0.